The number of alkyl halides is 3. The zero-order valence-electron chi connectivity index (χ0n) is 10.5. The predicted molar refractivity (Wildman–Crippen MR) is 62.3 cm³/mol. The third-order valence-corrected chi connectivity index (χ3v) is 4.10. The summed E-state index contributed by atoms with van der Waals surface area (Å²) in [7, 11) is 0. The van der Waals surface area contributed by atoms with Gasteiger partial charge in [-0.3, -0.25) is 0 Å². The van der Waals surface area contributed by atoms with Gasteiger partial charge in [-0.1, -0.05) is 0 Å². The highest BCUT2D eigenvalue weighted by Crippen LogP contribution is 2.34. The van der Waals surface area contributed by atoms with E-state index in [2.05, 4.69) is 5.32 Å². The van der Waals surface area contributed by atoms with Crippen LogP contribution >= 0.6 is 0 Å². The van der Waals surface area contributed by atoms with Crippen LogP contribution < -0.4 is 5.32 Å². The second kappa shape index (κ2) is 5.35. The van der Waals surface area contributed by atoms with Gasteiger partial charge in [0.15, 0.2) is 0 Å². The molecular formula is C12H21F3N2O. The molecule has 2 rings (SSSR count). The van der Waals surface area contributed by atoms with Crippen molar-refractivity contribution in [2.24, 2.45) is 5.92 Å². The van der Waals surface area contributed by atoms with Crippen LogP contribution in [0.5, 0.6) is 0 Å². The first-order valence-corrected chi connectivity index (χ1v) is 6.61. The molecule has 0 atom stereocenters. The number of halogens is 3. The first-order valence-electron chi connectivity index (χ1n) is 6.61. The smallest absolute Gasteiger partial charge is 0.388 e. The second-order valence-corrected chi connectivity index (χ2v) is 5.57. The van der Waals surface area contributed by atoms with Crippen molar-refractivity contribution in [2.75, 3.05) is 32.7 Å². The van der Waals surface area contributed by atoms with Crippen LogP contribution in [0.4, 0.5) is 13.2 Å². The fourth-order valence-corrected chi connectivity index (χ4v) is 2.88. The van der Waals surface area contributed by atoms with Gasteiger partial charge in [-0.15, -0.1) is 0 Å². The van der Waals surface area contributed by atoms with Crippen LogP contribution in [-0.4, -0.2) is 54.5 Å². The average Bonchev–Trinajstić information content (AvgIpc) is 2.29. The minimum atomic E-state index is -4.06. The largest absolute Gasteiger partial charge is 0.391 e. The summed E-state index contributed by atoms with van der Waals surface area (Å²) < 4.78 is 37.6. The molecule has 0 saturated carbocycles. The molecule has 6 heteroatoms. The lowest BCUT2D eigenvalue weighted by Crippen LogP contribution is -2.51. The molecule has 0 aromatic rings. The Morgan fingerprint density at radius 3 is 2.22 bits per heavy atom. The number of nitrogens with one attached hydrogen (secondary N) is 1. The van der Waals surface area contributed by atoms with E-state index in [0.29, 0.717) is 32.5 Å². The van der Waals surface area contributed by atoms with E-state index in [1.165, 1.54) is 0 Å². The molecular weight excluding hydrogens is 245 g/mol. The molecule has 0 aromatic heterocycles. The molecule has 2 fully saturated rings. The fourth-order valence-electron chi connectivity index (χ4n) is 2.88. The van der Waals surface area contributed by atoms with E-state index in [4.69, 9.17) is 0 Å². The molecule has 0 bridgehead atoms. The third kappa shape index (κ3) is 3.59. The molecule has 0 aliphatic carbocycles. The van der Waals surface area contributed by atoms with Crippen LogP contribution in [0.25, 0.3) is 0 Å². The third-order valence-electron chi connectivity index (χ3n) is 4.10. The standard InChI is InChI=1S/C12H21F3N2O/c13-12(14,15)10-1-7-17(8-2-10)9-11(18)3-5-16-6-4-11/h10,16,18H,1-9H2. The van der Waals surface area contributed by atoms with Crippen LogP contribution in [0.3, 0.4) is 0 Å². The Morgan fingerprint density at radius 1 is 1.17 bits per heavy atom. The molecule has 3 nitrogen and oxygen atoms in total. The van der Waals surface area contributed by atoms with Gasteiger partial charge in [0.25, 0.3) is 0 Å². The van der Waals surface area contributed by atoms with Crippen molar-refractivity contribution in [3.8, 4) is 0 Å². The zero-order chi connectivity index (χ0) is 13.2. The lowest BCUT2D eigenvalue weighted by molar-refractivity contribution is -0.186. The highest BCUT2D eigenvalue weighted by atomic mass is 19.4. The molecule has 106 valence electrons. The summed E-state index contributed by atoms with van der Waals surface area (Å²) in [6.45, 7) is 2.98. The van der Waals surface area contributed by atoms with Crippen molar-refractivity contribution in [2.45, 2.75) is 37.5 Å². The quantitative estimate of drug-likeness (QED) is 0.792. The van der Waals surface area contributed by atoms with Crippen LogP contribution in [0.1, 0.15) is 25.7 Å². The maximum Gasteiger partial charge on any atom is 0.391 e. The fraction of sp³-hybridized carbons (Fsp3) is 1.00. The van der Waals surface area contributed by atoms with Crippen molar-refractivity contribution in [1.29, 1.82) is 0 Å². The Hall–Kier alpha value is -0.330. The second-order valence-electron chi connectivity index (χ2n) is 5.57. The van der Waals surface area contributed by atoms with Crippen LogP contribution in [0.15, 0.2) is 0 Å². The molecule has 0 amide bonds. The Bertz CT molecular complexity index is 269. The lowest BCUT2D eigenvalue weighted by atomic mass is 9.89. The van der Waals surface area contributed by atoms with Crippen molar-refractivity contribution < 1.29 is 18.3 Å². The van der Waals surface area contributed by atoms with Gasteiger partial charge in [-0.2, -0.15) is 13.2 Å². The van der Waals surface area contributed by atoms with E-state index in [0.717, 1.165) is 13.1 Å². The van der Waals surface area contributed by atoms with Crippen LogP contribution in [0.2, 0.25) is 0 Å². The maximum absolute atomic E-state index is 12.5. The number of piperidine rings is 2. The number of rotatable bonds is 2. The van der Waals surface area contributed by atoms with Gasteiger partial charge in [0.05, 0.1) is 11.5 Å². The predicted octanol–water partition coefficient (Wildman–Crippen LogP) is 1.38. The molecule has 2 saturated heterocycles. The first-order chi connectivity index (χ1) is 8.39. The summed E-state index contributed by atoms with van der Waals surface area (Å²) in [5.74, 6) is -1.16. The van der Waals surface area contributed by atoms with Gasteiger partial charge in [0.1, 0.15) is 0 Å². The number of hydrogen-bond donors (Lipinski definition) is 2. The van der Waals surface area contributed by atoms with Gasteiger partial charge < -0.3 is 15.3 Å². The number of hydrogen-bond acceptors (Lipinski definition) is 3. The van der Waals surface area contributed by atoms with Crippen LogP contribution in [0, 0.1) is 5.92 Å². The Kier molecular flexibility index (Phi) is 4.18. The summed E-state index contributed by atoms with van der Waals surface area (Å²) in [5, 5.41) is 13.5. The lowest BCUT2D eigenvalue weighted by Gasteiger charge is -2.40. The van der Waals surface area contributed by atoms with E-state index >= 15 is 0 Å². The Balaban J connectivity index is 1.79. The average molecular weight is 266 g/mol. The van der Waals surface area contributed by atoms with E-state index in [1.54, 1.807) is 0 Å². The van der Waals surface area contributed by atoms with E-state index in [1.807, 2.05) is 4.90 Å². The van der Waals surface area contributed by atoms with Gasteiger partial charge in [0.2, 0.25) is 0 Å². The van der Waals surface area contributed by atoms with Crippen molar-refractivity contribution in [1.82, 2.24) is 10.2 Å². The zero-order valence-corrected chi connectivity index (χ0v) is 10.5. The van der Waals surface area contributed by atoms with Crippen LogP contribution in [-0.2, 0) is 0 Å². The van der Waals surface area contributed by atoms with E-state index < -0.39 is 17.7 Å². The van der Waals surface area contributed by atoms with Crippen molar-refractivity contribution in [3.05, 3.63) is 0 Å². The van der Waals surface area contributed by atoms with Crippen molar-refractivity contribution in [3.63, 3.8) is 0 Å². The van der Waals surface area contributed by atoms with Gasteiger partial charge in [-0.05, 0) is 51.9 Å². The number of aliphatic hydroxyl groups is 1. The molecule has 18 heavy (non-hydrogen) atoms. The minimum absolute atomic E-state index is 0.165. The molecule has 2 heterocycles. The number of likely N-dealkylation sites (tertiary alicyclic amines) is 1. The van der Waals surface area contributed by atoms with Gasteiger partial charge in [-0.25, -0.2) is 0 Å². The summed E-state index contributed by atoms with van der Waals surface area (Å²) in [5.41, 5.74) is -0.712. The summed E-state index contributed by atoms with van der Waals surface area (Å²) in [6.07, 6.45) is -2.36. The van der Waals surface area contributed by atoms with E-state index in [9.17, 15) is 18.3 Å². The highest BCUT2D eigenvalue weighted by Gasteiger charge is 2.42. The molecule has 0 spiro atoms. The molecule has 0 radical (unpaired) electrons. The normalized spacial score (nSPS) is 27.3. The molecule has 2 aliphatic heterocycles. The first kappa shape index (κ1) is 14.1. The SMILES string of the molecule is OC1(CN2CCC(C(F)(F)F)CC2)CCNCC1. The molecule has 2 N–H and O–H groups in total. The van der Waals surface area contributed by atoms with Gasteiger partial charge in [0, 0.05) is 6.54 Å². The van der Waals surface area contributed by atoms with Gasteiger partial charge >= 0.3 is 6.18 Å². The number of β-amino-alcohol motifs (C(OH)–C–C–N with tert-alkyl or cyclic N) is 1. The molecule has 0 unspecified atom stereocenters. The monoisotopic (exact) mass is 266 g/mol. The molecule has 0 aromatic carbocycles. The summed E-state index contributed by atoms with van der Waals surface area (Å²) >= 11 is 0. The van der Waals surface area contributed by atoms with E-state index in [-0.39, 0.29) is 12.8 Å². The topological polar surface area (TPSA) is 35.5 Å². The Labute approximate surface area is 105 Å². The number of nitrogens with zero attached hydrogens (tertiary/aromatic N) is 1. The Morgan fingerprint density at radius 2 is 1.72 bits per heavy atom. The minimum Gasteiger partial charge on any atom is -0.388 e. The molecule has 2 aliphatic rings. The summed E-state index contributed by atoms with van der Waals surface area (Å²) in [6, 6.07) is 0. The van der Waals surface area contributed by atoms with Crippen molar-refractivity contribution >= 4 is 0 Å². The maximum atomic E-state index is 12.5. The summed E-state index contributed by atoms with van der Waals surface area (Å²) in [4.78, 5) is 1.98. The highest BCUT2D eigenvalue weighted by molar-refractivity contribution is 4.89.